The van der Waals surface area contributed by atoms with E-state index in [4.69, 9.17) is 0 Å². The lowest BCUT2D eigenvalue weighted by atomic mass is 10.1. The Morgan fingerprint density at radius 2 is 1.81 bits per heavy atom. The van der Waals surface area contributed by atoms with Gasteiger partial charge in [0.1, 0.15) is 0 Å². The molecule has 0 aliphatic carbocycles. The maximum Gasteiger partial charge on any atom is 0.241 e. The van der Waals surface area contributed by atoms with E-state index in [-0.39, 0.29) is 17.9 Å². The van der Waals surface area contributed by atoms with Crippen LogP contribution in [0, 0.1) is 0 Å². The van der Waals surface area contributed by atoms with Gasteiger partial charge in [0.25, 0.3) is 0 Å². The van der Waals surface area contributed by atoms with Crippen LogP contribution in [0.2, 0.25) is 0 Å². The van der Waals surface area contributed by atoms with E-state index in [1.54, 1.807) is 7.05 Å². The summed E-state index contributed by atoms with van der Waals surface area (Å²) in [5, 5.41) is 5.73. The van der Waals surface area contributed by atoms with Crippen LogP contribution in [0.4, 0.5) is 5.69 Å². The van der Waals surface area contributed by atoms with Crippen LogP contribution in [0.15, 0.2) is 54.6 Å². The number of anilines is 1. The minimum absolute atomic E-state index is 0.000888. The molecule has 2 aromatic carbocycles. The summed E-state index contributed by atoms with van der Waals surface area (Å²) in [7, 11) is 1.64. The molecule has 2 amide bonds. The molecular weight excluding hydrogens is 338 g/mol. The number of aryl methyl sites for hydroxylation is 1. The van der Waals surface area contributed by atoms with Crippen molar-refractivity contribution in [1.82, 2.24) is 10.2 Å². The summed E-state index contributed by atoms with van der Waals surface area (Å²) in [5.74, 6) is 0.0387. The van der Waals surface area contributed by atoms with Crippen LogP contribution < -0.4 is 10.6 Å². The first-order valence-electron chi connectivity index (χ1n) is 9.54. The Hall–Kier alpha value is -2.66. The number of amides is 2. The SMILES string of the molecule is CNC(=O)CCc1ccccc1NC(=O)[C@@H]1CCCN1Cc1ccccc1. The predicted octanol–water partition coefficient (Wildman–Crippen LogP) is 2.97. The number of benzene rings is 2. The summed E-state index contributed by atoms with van der Waals surface area (Å²) < 4.78 is 0. The van der Waals surface area contributed by atoms with Gasteiger partial charge in [-0.25, -0.2) is 0 Å². The molecule has 3 rings (SSSR count). The van der Waals surface area contributed by atoms with Gasteiger partial charge in [0.15, 0.2) is 0 Å². The molecule has 1 saturated heterocycles. The summed E-state index contributed by atoms with van der Waals surface area (Å²) in [6, 6.07) is 17.9. The van der Waals surface area contributed by atoms with E-state index < -0.39 is 0 Å². The molecule has 5 heteroatoms. The van der Waals surface area contributed by atoms with E-state index in [0.717, 1.165) is 37.2 Å². The highest BCUT2D eigenvalue weighted by molar-refractivity contribution is 5.95. The van der Waals surface area contributed by atoms with Crippen molar-refractivity contribution in [1.29, 1.82) is 0 Å². The number of nitrogens with zero attached hydrogens (tertiary/aromatic N) is 1. The number of rotatable bonds is 7. The average Bonchev–Trinajstić information content (AvgIpc) is 3.16. The third-order valence-electron chi connectivity index (χ3n) is 5.07. The highest BCUT2D eigenvalue weighted by Crippen LogP contribution is 2.23. The van der Waals surface area contributed by atoms with Gasteiger partial charge in [-0.2, -0.15) is 0 Å². The van der Waals surface area contributed by atoms with Gasteiger partial charge in [-0.05, 0) is 43.0 Å². The van der Waals surface area contributed by atoms with E-state index in [0.29, 0.717) is 12.8 Å². The monoisotopic (exact) mass is 365 g/mol. The van der Waals surface area contributed by atoms with Crippen molar-refractivity contribution in [2.75, 3.05) is 18.9 Å². The summed E-state index contributed by atoms with van der Waals surface area (Å²) in [6.45, 7) is 1.72. The first-order valence-corrected chi connectivity index (χ1v) is 9.54. The van der Waals surface area contributed by atoms with Gasteiger partial charge < -0.3 is 10.6 Å². The zero-order valence-electron chi connectivity index (χ0n) is 15.8. The van der Waals surface area contributed by atoms with Crippen LogP contribution in [0.1, 0.15) is 30.4 Å². The van der Waals surface area contributed by atoms with Crippen LogP contribution in [0.5, 0.6) is 0 Å². The summed E-state index contributed by atoms with van der Waals surface area (Å²) >= 11 is 0. The molecule has 5 nitrogen and oxygen atoms in total. The van der Waals surface area contributed by atoms with Crippen molar-refractivity contribution in [3.63, 3.8) is 0 Å². The quantitative estimate of drug-likeness (QED) is 0.793. The molecule has 1 fully saturated rings. The number of likely N-dealkylation sites (tertiary alicyclic amines) is 1. The van der Waals surface area contributed by atoms with Gasteiger partial charge >= 0.3 is 0 Å². The summed E-state index contributed by atoms with van der Waals surface area (Å²) in [4.78, 5) is 26.7. The minimum Gasteiger partial charge on any atom is -0.359 e. The molecule has 2 N–H and O–H groups in total. The molecule has 0 radical (unpaired) electrons. The second kappa shape index (κ2) is 9.33. The maximum atomic E-state index is 12.9. The van der Waals surface area contributed by atoms with E-state index in [1.165, 1.54) is 5.56 Å². The summed E-state index contributed by atoms with van der Waals surface area (Å²) in [6.07, 6.45) is 2.92. The van der Waals surface area contributed by atoms with Gasteiger partial charge in [0.05, 0.1) is 6.04 Å². The Balaban J connectivity index is 1.65. The second-order valence-corrected chi connectivity index (χ2v) is 6.93. The lowest BCUT2D eigenvalue weighted by Gasteiger charge is -2.24. The molecule has 27 heavy (non-hydrogen) atoms. The maximum absolute atomic E-state index is 12.9. The topological polar surface area (TPSA) is 61.4 Å². The lowest BCUT2D eigenvalue weighted by molar-refractivity contribution is -0.121. The van der Waals surface area contributed by atoms with Gasteiger partial charge in [-0.3, -0.25) is 14.5 Å². The van der Waals surface area contributed by atoms with Crippen LogP contribution >= 0.6 is 0 Å². The molecule has 0 saturated carbocycles. The number of nitrogens with one attached hydrogen (secondary N) is 2. The summed E-state index contributed by atoms with van der Waals surface area (Å²) in [5.41, 5.74) is 3.02. The van der Waals surface area contributed by atoms with Crippen molar-refractivity contribution in [3.8, 4) is 0 Å². The van der Waals surface area contributed by atoms with Gasteiger partial charge in [-0.15, -0.1) is 0 Å². The smallest absolute Gasteiger partial charge is 0.241 e. The fourth-order valence-corrected chi connectivity index (χ4v) is 3.58. The number of hydrogen-bond donors (Lipinski definition) is 2. The fraction of sp³-hybridized carbons (Fsp3) is 0.364. The number of carbonyl (C=O) groups is 2. The average molecular weight is 365 g/mol. The molecule has 1 aliphatic heterocycles. The molecule has 0 aromatic heterocycles. The first kappa shape index (κ1) is 19.1. The van der Waals surface area contributed by atoms with Crippen molar-refractivity contribution >= 4 is 17.5 Å². The third-order valence-corrected chi connectivity index (χ3v) is 5.07. The Morgan fingerprint density at radius 1 is 1.07 bits per heavy atom. The molecule has 0 bridgehead atoms. The Labute approximate surface area is 160 Å². The molecule has 2 aromatic rings. The third kappa shape index (κ3) is 5.17. The highest BCUT2D eigenvalue weighted by Gasteiger charge is 2.30. The highest BCUT2D eigenvalue weighted by atomic mass is 16.2. The van der Waals surface area contributed by atoms with Gasteiger partial charge in [0, 0.05) is 25.7 Å². The lowest BCUT2D eigenvalue weighted by Crippen LogP contribution is -2.39. The Kier molecular flexibility index (Phi) is 6.60. The van der Waals surface area contributed by atoms with Gasteiger partial charge in [-0.1, -0.05) is 48.5 Å². The van der Waals surface area contributed by atoms with Crippen molar-refractivity contribution < 1.29 is 9.59 Å². The van der Waals surface area contributed by atoms with Gasteiger partial charge in [0.2, 0.25) is 11.8 Å². The zero-order valence-corrected chi connectivity index (χ0v) is 15.8. The standard InChI is InChI=1S/C22H27N3O2/c1-23-21(26)14-13-18-10-5-6-11-19(18)24-22(27)20-12-7-15-25(20)16-17-8-3-2-4-9-17/h2-6,8-11,20H,7,12-16H2,1H3,(H,23,26)(H,24,27)/t20-/m0/s1. The normalized spacial score (nSPS) is 16.9. The molecule has 142 valence electrons. The molecule has 1 heterocycles. The van der Waals surface area contributed by atoms with E-state index in [9.17, 15) is 9.59 Å². The largest absolute Gasteiger partial charge is 0.359 e. The van der Waals surface area contributed by atoms with Crippen LogP contribution in [0.25, 0.3) is 0 Å². The second-order valence-electron chi connectivity index (χ2n) is 6.93. The fourth-order valence-electron chi connectivity index (χ4n) is 3.58. The minimum atomic E-state index is -0.114. The zero-order chi connectivity index (χ0) is 19.1. The molecule has 0 spiro atoms. The Morgan fingerprint density at radius 3 is 2.59 bits per heavy atom. The van der Waals surface area contributed by atoms with Crippen molar-refractivity contribution in [2.45, 2.75) is 38.3 Å². The van der Waals surface area contributed by atoms with Crippen molar-refractivity contribution in [3.05, 3.63) is 65.7 Å². The predicted molar refractivity (Wildman–Crippen MR) is 107 cm³/mol. The number of hydrogen-bond acceptors (Lipinski definition) is 3. The molecule has 1 aliphatic rings. The van der Waals surface area contributed by atoms with E-state index >= 15 is 0 Å². The Bertz CT molecular complexity index is 776. The number of para-hydroxylation sites is 1. The molecular formula is C22H27N3O2. The molecule has 0 unspecified atom stereocenters. The first-order chi connectivity index (χ1) is 13.2. The molecule has 1 atom stereocenters. The van der Waals surface area contributed by atoms with E-state index in [2.05, 4.69) is 27.7 Å². The van der Waals surface area contributed by atoms with Crippen molar-refractivity contribution in [2.24, 2.45) is 0 Å². The number of carbonyl (C=O) groups excluding carboxylic acids is 2. The van der Waals surface area contributed by atoms with Crippen LogP contribution in [-0.4, -0.2) is 36.3 Å². The van der Waals surface area contributed by atoms with E-state index in [1.807, 2.05) is 42.5 Å². The van der Waals surface area contributed by atoms with Crippen LogP contribution in [0.3, 0.4) is 0 Å². The van der Waals surface area contributed by atoms with Crippen LogP contribution in [-0.2, 0) is 22.6 Å².